The van der Waals surface area contributed by atoms with Gasteiger partial charge in [0.05, 0.1) is 29.0 Å². The van der Waals surface area contributed by atoms with E-state index >= 15 is 0 Å². The SMILES string of the molecule is N#CCc1ccc2c(S(=O)(=O)n3nc(Nc4ccc(C#N)cc4)nc3N)cccc2c1. The lowest BCUT2D eigenvalue weighted by molar-refractivity contribution is 0.582. The molecule has 10 heteroatoms. The molecule has 3 N–H and O–H groups in total. The number of nitrogens with two attached hydrogens (primary N) is 1. The lowest BCUT2D eigenvalue weighted by Crippen LogP contribution is -2.17. The maximum atomic E-state index is 13.3. The Morgan fingerprint density at radius 1 is 1.06 bits per heavy atom. The average Bonchev–Trinajstić information content (AvgIpc) is 3.14. The first-order chi connectivity index (χ1) is 14.9. The topological polar surface area (TPSA) is 150 Å². The molecule has 4 rings (SSSR count). The van der Waals surface area contributed by atoms with Crippen molar-refractivity contribution in [2.24, 2.45) is 0 Å². The molecule has 0 aliphatic rings. The molecule has 0 amide bonds. The molecule has 0 saturated heterocycles. The molecule has 9 nitrogen and oxygen atoms in total. The number of nitrogens with zero attached hydrogens (tertiary/aromatic N) is 5. The molecule has 1 heterocycles. The quantitative estimate of drug-likeness (QED) is 0.491. The van der Waals surface area contributed by atoms with Crippen LogP contribution >= 0.6 is 0 Å². The molecule has 1 aromatic heterocycles. The largest absolute Gasteiger partial charge is 0.367 e. The van der Waals surface area contributed by atoms with Crippen LogP contribution in [0, 0.1) is 22.7 Å². The highest BCUT2D eigenvalue weighted by atomic mass is 32.2. The Kier molecular flexibility index (Phi) is 4.99. The van der Waals surface area contributed by atoms with Crippen LogP contribution in [0.2, 0.25) is 0 Å². The first-order valence-corrected chi connectivity index (χ1v) is 10.5. The molecule has 0 aliphatic carbocycles. The van der Waals surface area contributed by atoms with Crippen molar-refractivity contribution >= 4 is 38.4 Å². The molecule has 4 aromatic rings. The van der Waals surface area contributed by atoms with Crippen LogP contribution < -0.4 is 11.1 Å². The molecule has 0 bridgehead atoms. The number of nitriles is 2. The van der Waals surface area contributed by atoms with E-state index in [1.165, 1.54) is 6.07 Å². The van der Waals surface area contributed by atoms with Gasteiger partial charge in [-0.3, -0.25) is 0 Å². The second kappa shape index (κ2) is 7.78. The Labute approximate surface area is 178 Å². The van der Waals surface area contributed by atoms with Crippen LogP contribution in [-0.2, 0) is 16.4 Å². The normalized spacial score (nSPS) is 11.0. The first-order valence-electron chi connectivity index (χ1n) is 9.06. The van der Waals surface area contributed by atoms with Gasteiger partial charge in [0.15, 0.2) is 0 Å². The van der Waals surface area contributed by atoms with Crippen molar-refractivity contribution in [2.45, 2.75) is 11.3 Å². The van der Waals surface area contributed by atoms with Crippen LogP contribution in [0.3, 0.4) is 0 Å². The third-order valence-electron chi connectivity index (χ3n) is 4.57. The van der Waals surface area contributed by atoms with Gasteiger partial charge in [0.25, 0.3) is 10.0 Å². The van der Waals surface area contributed by atoms with Crippen molar-refractivity contribution in [3.05, 3.63) is 71.8 Å². The minimum absolute atomic E-state index is 0.00215. The van der Waals surface area contributed by atoms with Crippen LogP contribution in [0.5, 0.6) is 0 Å². The number of hydrogen-bond donors (Lipinski definition) is 2. The highest BCUT2D eigenvalue weighted by molar-refractivity contribution is 7.90. The van der Waals surface area contributed by atoms with Crippen LogP contribution in [0.15, 0.2) is 65.6 Å². The van der Waals surface area contributed by atoms with E-state index in [2.05, 4.69) is 21.5 Å². The average molecular weight is 429 g/mol. The molecule has 31 heavy (non-hydrogen) atoms. The van der Waals surface area contributed by atoms with Crippen molar-refractivity contribution in [3.63, 3.8) is 0 Å². The summed E-state index contributed by atoms with van der Waals surface area (Å²) in [5.74, 6) is -0.295. The molecule has 3 aromatic carbocycles. The summed E-state index contributed by atoms with van der Waals surface area (Å²) in [6.07, 6.45) is 0.229. The van der Waals surface area contributed by atoms with E-state index in [0.29, 0.717) is 26.1 Å². The van der Waals surface area contributed by atoms with E-state index in [-0.39, 0.29) is 23.2 Å². The van der Waals surface area contributed by atoms with E-state index in [1.54, 1.807) is 54.6 Å². The van der Waals surface area contributed by atoms with Gasteiger partial charge in [0.2, 0.25) is 11.9 Å². The molecule has 0 saturated carbocycles. The number of rotatable bonds is 5. The van der Waals surface area contributed by atoms with Gasteiger partial charge in [-0.1, -0.05) is 30.3 Å². The number of hydrogen-bond acceptors (Lipinski definition) is 8. The Morgan fingerprint density at radius 3 is 2.55 bits per heavy atom. The number of aromatic nitrogens is 3. The van der Waals surface area contributed by atoms with Gasteiger partial charge in [0, 0.05) is 11.1 Å². The molecule has 152 valence electrons. The number of fused-ring (bicyclic) bond motifs is 1. The zero-order valence-electron chi connectivity index (χ0n) is 16.0. The number of nitrogen functional groups attached to an aromatic ring is 1. The fraction of sp³-hybridized carbons (Fsp3) is 0.0476. The maximum Gasteiger partial charge on any atom is 0.286 e. The van der Waals surface area contributed by atoms with Crippen molar-refractivity contribution in [1.82, 2.24) is 14.2 Å². The van der Waals surface area contributed by atoms with Crippen LogP contribution in [0.4, 0.5) is 17.6 Å². The fourth-order valence-electron chi connectivity index (χ4n) is 3.12. The van der Waals surface area contributed by atoms with E-state index in [1.807, 2.05) is 6.07 Å². The van der Waals surface area contributed by atoms with Crippen molar-refractivity contribution < 1.29 is 8.42 Å². The predicted molar refractivity (Wildman–Crippen MR) is 115 cm³/mol. The second-order valence-corrected chi connectivity index (χ2v) is 8.34. The summed E-state index contributed by atoms with van der Waals surface area (Å²) in [5.41, 5.74) is 7.71. The summed E-state index contributed by atoms with van der Waals surface area (Å²) >= 11 is 0. The zero-order valence-corrected chi connectivity index (χ0v) is 16.8. The van der Waals surface area contributed by atoms with E-state index in [0.717, 1.165) is 5.56 Å². The Bertz CT molecular complexity index is 1480. The number of benzene rings is 3. The van der Waals surface area contributed by atoms with Crippen LogP contribution in [0.1, 0.15) is 11.1 Å². The molecule has 0 unspecified atom stereocenters. The van der Waals surface area contributed by atoms with Crippen LogP contribution in [-0.4, -0.2) is 22.6 Å². The lowest BCUT2D eigenvalue weighted by atomic mass is 10.1. The van der Waals surface area contributed by atoms with Crippen molar-refractivity contribution in [1.29, 1.82) is 10.5 Å². The van der Waals surface area contributed by atoms with Gasteiger partial charge in [-0.15, -0.1) is 9.19 Å². The highest BCUT2D eigenvalue weighted by Gasteiger charge is 2.25. The molecule has 0 atom stereocenters. The summed E-state index contributed by atoms with van der Waals surface area (Å²) in [5, 5.41) is 25.8. The van der Waals surface area contributed by atoms with E-state index in [4.69, 9.17) is 16.3 Å². The maximum absolute atomic E-state index is 13.3. The summed E-state index contributed by atoms with van der Waals surface area (Å²) < 4.78 is 27.3. The van der Waals surface area contributed by atoms with Gasteiger partial charge >= 0.3 is 0 Å². The monoisotopic (exact) mass is 429 g/mol. The summed E-state index contributed by atoms with van der Waals surface area (Å²) in [6.45, 7) is 0. The van der Waals surface area contributed by atoms with Gasteiger partial charge < -0.3 is 11.1 Å². The number of nitrogens with one attached hydrogen (secondary N) is 1. The summed E-state index contributed by atoms with van der Waals surface area (Å²) in [4.78, 5) is 4.02. The Morgan fingerprint density at radius 2 is 1.84 bits per heavy atom. The Hall–Kier alpha value is -4.41. The molecule has 0 radical (unpaired) electrons. The lowest BCUT2D eigenvalue weighted by Gasteiger charge is -2.09. The van der Waals surface area contributed by atoms with E-state index < -0.39 is 10.0 Å². The van der Waals surface area contributed by atoms with Crippen molar-refractivity contribution in [2.75, 3.05) is 11.1 Å². The molecule has 0 fully saturated rings. The van der Waals surface area contributed by atoms with Crippen molar-refractivity contribution in [3.8, 4) is 12.1 Å². The van der Waals surface area contributed by atoms with Gasteiger partial charge in [-0.2, -0.15) is 23.9 Å². The molecule has 0 aliphatic heterocycles. The van der Waals surface area contributed by atoms with E-state index in [9.17, 15) is 8.42 Å². The minimum atomic E-state index is -4.13. The fourth-order valence-corrected chi connectivity index (χ4v) is 4.49. The Balaban J connectivity index is 1.72. The standard InChI is InChI=1S/C21H15N7O2S/c22-11-10-14-6-9-18-16(12-14)2-1-3-19(18)31(29,30)28-20(24)26-21(27-28)25-17-7-4-15(13-23)5-8-17/h1-9,12H,10H2,(H3,24,25,26,27). The second-order valence-electron chi connectivity index (χ2n) is 6.60. The number of anilines is 3. The molecule has 0 spiro atoms. The summed E-state index contributed by atoms with van der Waals surface area (Å²) in [6, 6.07) is 20.6. The van der Waals surface area contributed by atoms with Gasteiger partial charge in [-0.05, 0) is 41.3 Å². The molecular formula is C21H15N7O2S. The van der Waals surface area contributed by atoms with Gasteiger partial charge in [-0.25, -0.2) is 0 Å². The minimum Gasteiger partial charge on any atom is -0.367 e. The summed E-state index contributed by atoms with van der Waals surface area (Å²) in [7, 11) is -4.13. The first kappa shape index (κ1) is 19.9. The third kappa shape index (κ3) is 3.75. The van der Waals surface area contributed by atoms with Crippen LogP contribution in [0.25, 0.3) is 10.8 Å². The third-order valence-corrected chi connectivity index (χ3v) is 6.20. The highest BCUT2D eigenvalue weighted by Crippen LogP contribution is 2.27. The van der Waals surface area contributed by atoms with Gasteiger partial charge in [0.1, 0.15) is 0 Å². The molecular weight excluding hydrogens is 414 g/mol. The smallest absolute Gasteiger partial charge is 0.286 e. The predicted octanol–water partition coefficient (Wildman–Crippen LogP) is 2.93. The zero-order chi connectivity index (χ0) is 22.0.